The van der Waals surface area contributed by atoms with Crippen LogP contribution in [0.1, 0.15) is 67.0 Å². The van der Waals surface area contributed by atoms with E-state index in [9.17, 15) is 4.79 Å². The molecule has 7 unspecified atom stereocenters. The number of nitrogens with zero attached hydrogens (tertiary/aromatic N) is 1. The topological polar surface area (TPSA) is 48.1 Å². The lowest BCUT2D eigenvalue weighted by Gasteiger charge is -2.54. The molecule has 3 saturated heterocycles. The minimum absolute atomic E-state index is 0.0871. The van der Waals surface area contributed by atoms with Gasteiger partial charge in [0, 0.05) is 20.0 Å². The van der Waals surface area contributed by atoms with Gasteiger partial charge < -0.3 is 18.7 Å². The summed E-state index contributed by atoms with van der Waals surface area (Å²) in [5.41, 5.74) is 2.02. The number of epoxide rings is 1. The third-order valence-corrected chi connectivity index (χ3v) is 11.7. The molecular weight excluding hydrogens is 466 g/mol. The van der Waals surface area contributed by atoms with Crippen molar-refractivity contribution >= 4 is 28.6 Å². The van der Waals surface area contributed by atoms with Crippen molar-refractivity contribution in [3.63, 3.8) is 0 Å². The highest BCUT2D eigenvalue weighted by Crippen LogP contribution is 2.61. The Morgan fingerprint density at radius 1 is 1.24 bits per heavy atom. The molecule has 0 amide bonds. The predicted molar refractivity (Wildman–Crippen MR) is 137 cm³/mol. The zero-order chi connectivity index (χ0) is 24.6. The number of aryl methyl sites for hydroxylation is 2. The number of likely N-dealkylation sites (N-methyl/N-ethyl adjacent to an activating group) is 1. The van der Waals surface area contributed by atoms with Crippen molar-refractivity contribution < 1.29 is 23.5 Å². The molecule has 2 aromatic heterocycles. The van der Waals surface area contributed by atoms with Crippen LogP contribution in [-0.2, 0) is 24.6 Å². The molecule has 3 aliphatic heterocycles. The molecule has 5 rings (SSSR count). The van der Waals surface area contributed by atoms with E-state index in [0.717, 1.165) is 44.8 Å². The number of hydrogen-bond donors (Lipinski definition) is 0. The summed E-state index contributed by atoms with van der Waals surface area (Å²) in [6, 6.07) is 3.30. The molecule has 0 N–H and O–H groups in total. The van der Waals surface area contributed by atoms with Gasteiger partial charge in [-0.25, -0.2) is 4.79 Å². The normalized spacial score (nSPS) is 35.8. The van der Waals surface area contributed by atoms with Crippen molar-refractivity contribution in [2.24, 2.45) is 0 Å². The molecule has 0 saturated carbocycles. The lowest BCUT2D eigenvalue weighted by atomic mass is 9.89. The Balaban J connectivity index is 1.49. The second-order valence-electron chi connectivity index (χ2n) is 10.9. The highest BCUT2D eigenvalue weighted by molar-refractivity contribution is 7.12. The van der Waals surface area contributed by atoms with Gasteiger partial charge >= 0.3 is 5.97 Å². The Morgan fingerprint density at radius 3 is 2.47 bits per heavy atom. The van der Waals surface area contributed by atoms with Gasteiger partial charge in [0.15, 0.2) is 0 Å². The summed E-state index contributed by atoms with van der Waals surface area (Å²) in [4.78, 5) is 16.0. The number of fused-ring (bicyclic) bond motifs is 5. The summed E-state index contributed by atoms with van der Waals surface area (Å²) in [5.74, 6) is -0.282. The largest absolute Gasteiger partial charge is 0.459 e. The third-order valence-electron chi connectivity index (χ3n) is 9.25. The van der Waals surface area contributed by atoms with Crippen molar-refractivity contribution in [3.05, 3.63) is 43.3 Å². The van der Waals surface area contributed by atoms with Crippen molar-refractivity contribution in [1.82, 2.24) is 0 Å². The highest BCUT2D eigenvalue weighted by atomic mass is 32.1. The molecule has 0 radical (unpaired) electrons. The number of piperidine rings is 1. The van der Waals surface area contributed by atoms with E-state index in [1.54, 1.807) is 29.8 Å². The molecule has 186 valence electrons. The quantitative estimate of drug-likeness (QED) is 0.284. The van der Waals surface area contributed by atoms with E-state index in [2.05, 4.69) is 53.0 Å². The lowest BCUT2D eigenvalue weighted by Crippen LogP contribution is -2.68. The number of methoxy groups -OCH3 is 1. The maximum Gasteiger partial charge on any atom is 0.349 e. The molecule has 34 heavy (non-hydrogen) atoms. The maximum atomic E-state index is 14.2. The van der Waals surface area contributed by atoms with E-state index in [4.69, 9.17) is 14.2 Å². The SMILES string of the molecule is CC[N+]1(C(C)C)C2CC(OC(=O)C(OC)(c3sccc3C)c3scc(C)c3C)CC1C1(C)OC21. The molecule has 5 heterocycles. The summed E-state index contributed by atoms with van der Waals surface area (Å²) >= 11 is 3.16. The Hall–Kier alpha value is -1.25. The summed E-state index contributed by atoms with van der Waals surface area (Å²) in [7, 11) is 1.64. The van der Waals surface area contributed by atoms with Crippen molar-refractivity contribution in [2.75, 3.05) is 13.7 Å². The van der Waals surface area contributed by atoms with E-state index in [0.29, 0.717) is 18.1 Å². The fraction of sp³-hybridized carbons (Fsp3) is 0.667. The number of morpholine rings is 1. The van der Waals surface area contributed by atoms with E-state index in [1.807, 2.05) is 12.3 Å². The Morgan fingerprint density at radius 2 is 1.97 bits per heavy atom. The van der Waals surface area contributed by atoms with Gasteiger partial charge in [-0.3, -0.25) is 0 Å². The first kappa shape index (κ1) is 24.4. The summed E-state index contributed by atoms with van der Waals surface area (Å²) in [6.45, 7) is 16.5. The van der Waals surface area contributed by atoms with Gasteiger partial charge in [0.1, 0.15) is 29.9 Å². The van der Waals surface area contributed by atoms with E-state index < -0.39 is 5.60 Å². The monoisotopic (exact) mass is 504 g/mol. The van der Waals surface area contributed by atoms with Crippen LogP contribution in [0, 0.1) is 20.8 Å². The Labute approximate surface area is 211 Å². The van der Waals surface area contributed by atoms with Crippen LogP contribution >= 0.6 is 22.7 Å². The molecule has 3 aliphatic rings. The van der Waals surface area contributed by atoms with E-state index >= 15 is 0 Å². The van der Waals surface area contributed by atoms with Crippen LogP contribution in [0.3, 0.4) is 0 Å². The van der Waals surface area contributed by atoms with Crippen LogP contribution in [0.25, 0.3) is 0 Å². The van der Waals surface area contributed by atoms with Crippen LogP contribution in [0.15, 0.2) is 16.8 Å². The number of hydrogen-bond acceptors (Lipinski definition) is 6. The Kier molecular flexibility index (Phi) is 5.85. The second kappa shape index (κ2) is 8.13. The molecule has 0 aliphatic carbocycles. The first-order valence-corrected chi connectivity index (χ1v) is 14.2. The summed E-state index contributed by atoms with van der Waals surface area (Å²) in [5, 5.41) is 4.14. The van der Waals surface area contributed by atoms with Crippen LogP contribution in [-0.4, -0.2) is 60.0 Å². The standard InChI is InChI=1S/C27H38NO4S2/c1-9-28(15(2)3)20-12-19(13-21(28)26(7)22(20)32-26)31-25(29)27(30-8,23-16(4)10-11-33-23)24-18(6)17(5)14-34-24/h10-11,14-15,19-22H,9,12-13H2,1-8H3/q+1. The summed E-state index contributed by atoms with van der Waals surface area (Å²) in [6.07, 6.45) is 1.84. The van der Waals surface area contributed by atoms with Crippen LogP contribution < -0.4 is 0 Å². The molecule has 5 nitrogen and oxygen atoms in total. The average molecular weight is 505 g/mol. The fourth-order valence-corrected chi connectivity index (χ4v) is 9.73. The minimum Gasteiger partial charge on any atom is -0.459 e. The zero-order valence-corrected chi connectivity index (χ0v) is 23.3. The minimum atomic E-state index is -1.23. The van der Waals surface area contributed by atoms with Crippen LogP contribution in [0.5, 0.6) is 0 Å². The van der Waals surface area contributed by atoms with Crippen molar-refractivity contribution in [3.8, 4) is 0 Å². The lowest BCUT2D eigenvalue weighted by molar-refractivity contribution is -0.991. The number of quaternary nitrogens is 1. The number of rotatable bonds is 7. The average Bonchev–Trinajstić information content (AvgIpc) is 3.05. The van der Waals surface area contributed by atoms with Gasteiger partial charge in [0.05, 0.1) is 22.3 Å². The van der Waals surface area contributed by atoms with E-state index in [-0.39, 0.29) is 23.8 Å². The molecular formula is C27H38NO4S2+. The molecule has 2 aromatic rings. The maximum absolute atomic E-state index is 14.2. The van der Waals surface area contributed by atoms with Crippen LogP contribution in [0.2, 0.25) is 0 Å². The van der Waals surface area contributed by atoms with Crippen LogP contribution in [0.4, 0.5) is 0 Å². The van der Waals surface area contributed by atoms with Crippen molar-refractivity contribution in [2.45, 2.75) is 103 Å². The van der Waals surface area contributed by atoms with Gasteiger partial charge in [0.25, 0.3) is 0 Å². The number of carbonyl (C=O) groups is 1. The first-order valence-electron chi connectivity index (χ1n) is 12.5. The number of ether oxygens (including phenoxy) is 3. The molecule has 7 atom stereocenters. The van der Waals surface area contributed by atoms with Gasteiger partial charge in [-0.05, 0) is 82.0 Å². The molecule has 0 aromatic carbocycles. The molecule has 7 heteroatoms. The zero-order valence-electron chi connectivity index (χ0n) is 21.6. The summed E-state index contributed by atoms with van der Waals surface area (Å²) < 4.78 is 19.9. The highest BCUT2D eigenvalue weighted by Gasteiger charge is 2.80. The number of thiophene rings is 2. The molecule has 3 fully saturated rings. The third kappa shape index (κ3) is 3.03. The van der Waals surface area contributed by atoms with Gasteiger partial charge in [-0.15, -0.1) is 22.7 Å². The van der Waals surface area contributed by atoms with Gasteiger partial charge in [-0.1, -0.05) is 0 Å². The van der Waals surface area contributed by atoms with Gasteiger partial charge in [-0.2, -0.15) is 0 Å². The Bertz CT molecular complexity index is 1110. The first-order chi connectivity index (χ1) is 16.1. The van der Waals surface area contributed by atoms with Gasteiger partial charge in [0.2, 0.25) is 5.60 Å². The van der Waals surface area contributed by atoms with Crippen molar-refractivity contribution in [1.29, 1.82) is 0 Å². The fourth-order valence-electron chi connectivity index (χ4n) is 7.33. The molecule has 0 spiro atoms. The smallest absolute Gasteiger partial charge is 0.349 e. The number of carbonyl (C=O) groups excluding carboxylic acids is 1. The predicted octanol–water partition coefficient (Wildman–Crippen LogP) is 5.48. The second-order valence-corrected chi connectivity index (χ2v) is 12.7. The molecule has 2 bridgehead atoms. The van der Waals surface area contributed by atoms with E-state index in [1.165, 1.54) is 5.56 Å². The number of esters is 1.